The van der Waals surface area contributed by atoms with Crippen molar-refractivity contribution in [2.45, 2.75) is 76.5 Å². The molecule has 0 saturated heterocycles. The molecule has 4 aromatic rings. The second-order valence-corrected chi connectivity index (χ2v) is 11.9. The molecule has 5 atom stereocenters. The number of unbranched alkanes of at least 4 members (excludes halogenated alkanes) is 1. The predicted molar refractivity (Wildman–Crippen MR) is 178 cm³/mol. The molecule has 46 heavy (non-hydrogen) atoms. The minimum Gasteiger partial charge on any atom is -0.480 e. The zero-order chi connectivity index (χ0) is 33.2. The molecule has 0 aliphatic carbocycles. The standard InChI is InChI=1S/C34H45N7O5/c1-3-20(2)30(33(44)40-29(34(45)46)17-22-19-38-27-14-7-5-11-24(22)27)41-32(43)28(39-31(42)25(36)12-8-9-15-35)16-21-18-37-26-13-6-4-10-23(21)26/h4-7,10-11,13-14,18-20,25,28-30,37-38H,3,8-9,12,15-17,35-36H2,1-2H3,(H,39,42)(H,40,44)(H,41,43)(H,45,46). The molecule has 0 radical (unpaired) electrons. The molecule has 0 fully saturated rings. The Morgan fingerprint density at radius 1 is 0.783 bits per heavy atom. The number of hydrogen-bond donors (Lipinski definition) is 8. The highest BCUT2D eigenvalue weighted by atomic mass is 16.4. The lowest BCUT2D eigenvalue weighted by Crippen LogP contribution is -2.59. The molecule has 0 bridgehead atoms. The van der Waals surface area contributed by atoms with Crippen molar-refractivity contribution in [2.75, 3.05) is 6.54 Å². The zero-order valence-corrected chi connectivity index (χ0v) is 26.3. The van der Waals surface area contributed by atoms with E-state index in [2.05, 4.69) is 25.9 Å². The number of carboxylic acid groups (broad SMARTS) is 1. The van der Waals surface area contributed by atoms with E-state index in [-0.39, 0.29) is 18.8 Å². The highest BCUT2D eigenvalue weighted by Crippen LogP contribution is 2.21. The van der Waals surface area contributed by atoms with Gasteiger partial charge in [-0.15, -0.1) is 0 Å². The van der Waals surface area contributed by atoms with Crippen molar-refractivity contribution >= 4 is 45.5 Å². The van der Waals surface area contributed by atoms with Gasteiger partial charge in [0, 0.05) is 47.0 Å². The maximum absolute atomic E-state index is 13.9. The predicted octanol–water partition coefficient (Wildman–Crippen LogP) is 2.48. The van der Waals surface area contributed by atoms with E-state index in [1.165, 1.54) is 0 Å². The van der Waals surface area contributed by atoms with E-state index in [0.29, 0.717) is 25.8 Å². The molecule has 0 aliphatic rings. The van der Waals surface area contributed by atoms with Gasteiger partial charge in [0.25, 0.3) is 0 Å². The number of aromatic nitrogens is 2. The fraction of sp³-hybridized carbons (Fsp3) is 0.412. The fourth-order valence-electron chi connectivity index (χ4n) is 5.59. The topological polar surface area (TPSA) is 208 Å². The van der Waals surface area contributed by atoms with Crippen molar-refractivity contribution in [2.24, 2.45) is 17.4 Å². The number of aliphatic carboxylic acids is 1. The first kappa shape index (κ1) is 34.2. The molecule has 12 heteroatoms. The molecule has 2 aromatic heterocycles. The minimum absolute atomic E-state index is 0.0492. The number of benzene rings is 2. The number of aromatic amines is 2. The maximum atomic E-state index is 13.9. The van der Waals surface area contributed by atoms with Crippen LogP contribution in [0.2, 0.25) is 0 Å². The van der Waals surface area contributed by atoms with E-state index >= 15 is 0 Å². The van der Waals surface area contributed by atoms with E-state index in [9.17, 15) is 24.3 Å². The molecule has 246 valence electrons. The van der Waals surface area contributed by atoms with Crippen molar-refractivity contribution in [1.82, 2.24) is 25.9 Å². The average Bonchev–Trinajstić information content (AvgIpc) is 3.66. The Bertz CT molecular complexity index is 1650. The van der Waals surface area contributed by atoms with Crippen LogP contribution in [0.1, 0.15) is 50.7 Å². The molecule has 10 N–H and O–H groups in total. The monoisotopic (exact) mass is 631 g/mol. The van der Waals surface area contributed by atoms with Gasteiger partial charge in [0.05, 0.1) is 6.04 Å². The van der Waals surface area contributed by atoms with Gasteiger partial charge in [-0.05, 0) is 48.6 Å². The molecular formula is C34H45N7O5. The first-order chi connectivity index (χ1) is 22.1. The largest absolute Gasteiger partial charge is 0.480 e. The quantitative estimate of drug-likeness (QED) is 0.0816. The Kier molecular flexibility index (Phi) is 11.9. The van der Waals surface area contributed by atoms with Crippen LogP contribution in [0.4, 0.5) is 0 Å². The van der Waals surface area contributed by atoms with Gasteiger partial charge in [0.15, 0.2) is 0 Å². The average molecular weight is 632 g/mol. The van der Waals surface area contributed by atoms with Crippen LogP contribution in [0, 0.1) is 5.92 Å². The van der Waals surface area contributed by atoms with E-state index in [1.807, 2.05) is 55.5 Å². The van der Waals surface area contributed by atoms with Gasteiger partial charge in [-0.2, -0.15) is 0 Å². The van der Waals surface area contributed by atoms with Gasteiger partial charge >= 0.3 is 5.97 Å². The van der Waals surface area contributed by atoms with Crippen molar-refractivity contribution < 1.29 is 24.3 Å². The number of carbonyl (C=O) groups excluding carboxylic acids is 3. The van der Waals surface area contributed by atoms with Crippen molar-refractivity contribution in [1.29, 1.82) is 0 Å². The highest BCUT2D eigenvalue weighted by Gasteiger charge is 2.33. The van der Waals surface area contributed by atoms with E-state index in [4.69, 9.17) is 11.5 Å². The molecule has 2 heterocycles. The van der Waals surface area contributed by atoms with Crippen LogP contribution in [0.5, 0.6) is 0 Å². The van der Waals surface area contributed by atoms with Crippen LogP contribution in [-0.4, -0.2) is 69.5 Å². The molecule has 12 nitrogen and oxygen atoms in total. The molecule has 4 rings (SSSR count). The van der Waals surface area contributed by atoms with Crippen molar-refractivity contribution in [3.05, 3.63) is 72.1 Å². The second-order valence-electron chi connectivity index (χ2n) is 11.9. The van der Waals surface area contributed by atoms with Crippen LogP contribution in [-0.2, 0) is 32.0 Å². The highest BCUT2D eigenvalue weighted by molar-refractivity contribution is 5.95. The van der Waals surface area contributed by atoms with Gasteiger partial charge in [0.1, 0.15) is 18.1 Å². The summed E-state index contributed by atoms with van der Waals surface area (Å²) in [4.78, 5) is 59.2. The minimum atomic E-state index is -1.23. The van der Waals surface area contributed by atoms with Crippen LogP contribution in [0.15, 0.2) is 60.9 Å². The maximum Gasteiger partial charge on any atom is 0.326 e. The normalized spacial score (nSPS) is 14.7. The van der Waals surface area contributed by atoms with Crippen molar-refractivity contribution in [3.8, 4) is 0 Å². The number of H-pyrrole nitrogens is 2. The van der Waals surface area contributed by atoms with Crippen LogP contribution in [0.3, 0.4) is 0 Å². The molecule has 0 aliphatic heterocycles. The first-order valence-corrected chi connectivity index (χ1v) is 15.8. The summed E-state index contributed by atoms with van der Waals surface area (Å²) in [6.07, 6.45) is 6.06. The van der Waals surface area contributed by atoms with Gasteiger partial charge in [-0.25, -0.2) is 4.79 Å². The van der Waals surface area contributed by atoms with E-state index in [1.54, 1.807) is 19.3 Å². The number of hydrogen-bond acceptors (Lipinski definition) is 6. The second kappa shape index (κ2) is 16.1. The van der Waals surface area contributed by atoms with Crippen molar-refractivity contribution in [3.63, 3.8) is 0 Å². The van der Waals surface area contributed by atoms with E-state index in [0.717, 1.165) is 39.4 Å². The third-order valence-electron chi connectivity index (χ3n) is 8.54. The molecule has 0 spiro atoms. The fourth-order valence-corrected chi connectivity index (χ4v) is 5.59. The van der Waals surface area contributed by atoms with Gasteiger partial charge in [-0.1, -0.05) is 63.1 Å². The van der Waals surface area contributed by atoms with Gasteiger partial charge in [-0.3, -0.25) is 14.4 Å². The van der Waals surface area contributed by atoms with Crippen LogP contribution >= 0.6 is 0 Å². The van der Waals surface area contributed by atoms with Gasteiger partial charge in [0.2, 0.25) is 17.7 Å². The molecule has 3 amide bonds. The van der Waals surface area contributed by atoms with E-state index < -0.39 is 47.9 Å². The summed E-state index contributed by atoms with van der Waals surface area (Å²) in [7, 11) is 0. The Balaban J connectivity index is 1.53. The summed E-state index contributed by atoms with van der Waals surface area (Å²) in [5.74, 6) is -3.20. The Labute approximate surface area is 268 Å². The van der Waals surface area contributed by atoms with Crippen LogP contribution in [0.25, 0.3) is 21.8 Å². The summed E-state index contributed by atoms with van der Waals surface area (Å²) in [6.45, 7) is 4.17. The number of nitrogens with two attached hydrogens (primary N) is 2. The number of carboxylic acids is 1. The summed E-state index contributed by atoms with van der Waals surface area (Å²) in [6, 6.07) is 11.0. The number of para-hydroxylation sites is 2. The number of rotatable bonds is 17. The molecule has 0 saturated carbocycles. The number of nitrogens with one attached hydrogen (secondary N) is 5. The SMILES string of the molecule is CCC(C)C(NC(=O)C(Cc1c[nH]c2ccccc12)NC(=O)C(N)CCCCN)C(=O)NC(Cc1c[nH]c2ccccc12)C(=O)O. The Morgan fingerprint density at radius 2 is 1.33 bits per heavy atom. The summed E-state index contributed by atoms with van der Waals surface area (Å²) >= 11 is 0. The smallest absolute Gasteiger partial charge is 0.326 e. The first-order valence-electron chi connectivity index (χ1n) is 15.8. The summed E-state index contributed by atoms with van der Waals surface area (Å²) in [5.41, 5.74) is 15.0. The lowest BCUT2D eigenvalue weighted by Gasteiger charge is -2.28. The number of amides is 3. The summed E-state index contributed by atoms with van der Waals surface area (Å²) in [5, 5.41) is 20.1. The van der Waals surface area contributed by atoms with Gasteiger partial charge < -0.3 is 42.5 Å². The molecular weight excluding hydrogens is 586 g/mol. The molecule has 5 unspecified atom stereocenters. The zero-order valence-electron chi connectivity index (χ0n) is 26.3. The number of carbonyl (C=O) groups is 4. The summed E-state index contributed by atoms with van der Waals surface area (Å²) < 4.78 is 0. The Morgan fingerprint density at radius 3 is 1.87 bits per heavy atom. The third-order valence-corrected chi connectivity index (χ3v) is 8.54. The van der Waals surface area contributed by atoms with Crippen LogP contribution < -0.4 is 27.4 Å². The third kappa shape index (κ3) is 8.52. The lowest BCUT2D eigenvalue weighted by atomic mass is 9.96. The number of fused-ring (bicyclic) bond motifs is 2. The molecule has 2 aromatic carbocycles. The lowest BCUT2D eigenvalue weighted by molar-refractivity contribution is -0.142. The Hall–Kier alpha value is -4.68.